The highest BCUT2D eigenvalue weighted by atomic mass is 19.1. The molecule has 4 heterocycles. The molecule has 2 aromatic rings. The number of rotatable bonds is 8. The van der Waals surface area contributed by atoms with E-state index in [0.717, 1.165) is 12.5 Å². The summed E-state index contributed by atoms with van der Waals surface area (Å²) in [5.41, 5.74) is -2.50. The van der Waals surface area contributed by atoms with Crippen LogP contribution in [0.2, 0.25) is 0 Å². The number of methoxy groups -OCH3 is 1. The minimum atomic E-state index is -0.970. The second-order valence-corrected chi connectivity index (χ2v) is 12.0. The van der Waals surface area contributed by atoms with Crippen molar-refractivity contribution in [3.8, 4) is 5.75 Å². The highest BCUT2D eigenvalue weighted by Gasteiger charge is 2.55. The Morgan fingerprint density at radius 2 is 2.02 bits per heavy atom. The number of ether oxygens (including phenoxy) is 2. The molecular weight excluding hydrogens is 578 g/mol. The van der Waals surface area contributed by atoms with E-state index in [9.17, 15) is 28.0 Å². The molecule has 1 aromatic heterocycles. The van der Waals surface area contributed by atoms with Crippen LogP contribution in [-0.2, 0) is 20.9 Å². The fraction of sp³-hybridized carbons (Fsp3) is 0.516. The standard InChI is InChI=1S/C31H36F2N4O7/c1-17(2)6-5-7-25(38)43-28-26-30(41)36-16-23(31(11-10-18(36)3)13-24(42-4)35-44-31)37(26)15-21(27(28)39)29(40)34-14-19-8-9-20(32)12-22(19)33/h8-9,12,15,17-18,23H,5-7,10-11,13-14,16H2,1-4H3,(H,34,40)/t18-,23+,31-/m0/s1. The highest BCUT2D eigenvalue weighted by Crippen LogP contribution is 2.46. The first-order valence-corrected chi connectivity index (χ1v) is 14.8. The van der Waals surface area contributed by atoms with E-state index in [-0.39, 0.29) is 43.2 Å². The van der Waals surface area contributed by atoms with E-state index < -0.39 is 57.8 Å². The third-order valence-electron chi connectivity index (χ3n) is 8.58. The molecule has 3 aliphatic heterocycles. The second kappa shape index (κ2) is 12.4. The van der Waals surface area contributed by atoms with Gasteiger partial charge in [0.15, 0.2) is 11.3 Å². The number of pyridine rings is 1. The van der Waals surface area contributed by atoms with Gasteiger partial charge in [-0.05, 0) is 38.2 Å². The maximum absolute atomic E-state index is 14.3. The van der Waals surface area contributed by atoms with Crippen molar-refractivity contribution in [2.75, 3.05) is 13.7 Å². The number of hydrogen-bond donors (Lipinski definition) is 1. The summed E-state index contributed by atoms with van der Waals surface area (Å²) < 4.78 is 40.1. The molecule has 1 fully saturated rings. The van der Waals surface area contributed by atoms with Crippen molar-refractivity contribution < 1.29 is 37.5 Å². The number of aromatic nitrogens is 1. The van der Waals surface area contributed by atoms with Gasteiger partial charge < -0.3 is 29.1 Å². The first kappa shape index (κ1) is 31.1. The Morgan fingerprint density at radius 3 is 2.70 bits per heavy atom. The molecular formula is C31H36F2N4O7. The summed E-state index contributed by atoms with van der Waals surface area (Å²) in [5, 5.41) is 6.59. The summed E-state index contributed by atoms with van der Waals surface area (Å²) in [6.45, 7) is 5.77. The van der Waals surface area contributed by atoms with Crippen LogP contribution < -0.4 is 15.5 Å². The van der Waals surface area contributed by atoms with Crippen molar-refractivity contribution in [1.29, 1.82) is 0 Å². The first-order valence-electron chi connectivity index (χ1n) is 14.8. The number of benzene rings is 1. The largest absolute Gasteiger partial charge is 0.482 e. The summed E-state index contributed by atoms with van der Waals surface area (Å²) in [6, 6.07) is 2.07. The summed E-state index contributed by atoms with van der Waals surface area (Å²) in [5.74, 6) is -3.59. The summed E-state index contributed by atoms with van der Waals surface area (Å²) in [7, 11) is 1.48. The fourth-order valence-corrected chi connectivity index (χ4v) is 6.03. The van der Waals surface area contributed by atoms with Gasteiger partial charge in [-0.2, -0.15) is 0 Å². The van der Waals surface area contributed by atoms with Gasteiger partial charge in [0.1, 0.15) is 17.2 Å². The van der Waals surface area contributed by atoms with Crippen molar-refractivity contribution in [3.63, 3.8) is 0 Å². The Balaban J connectivity index is 1.58. The highest BCUT2D eigenvalue weighted by molar-refractivity contribution is 6.00. The van der Waals surface area contributed by atoms with E-state index in [2.05, 4.69) is 10.5 Å². The molecule has 44 heavy (non-hydrogen) atoms. The van der Waals surface area contributed by atoms with E-state index in [4.69, 9.17) is 14.3 Å². The van der Waals surface area contributed by atoms with Gasteiger partial charge in [-0.15, -0.1) is 0 Å². The van der Waals surface area contributed by atoms with Crippen molar-refractivity contribution in [3.05, 3.63) is 63.1 Å². The SMILES string of the molecule is COC1=NO[C@@]2(CC[C@H](C)N3C[C@H]2n2cc(C(=O)NCc4ccc(F)cc4F)c(=O)c(OC(=O)CCCC(C)C)c2C3=O)C1. The Bertz CT molecular complexity index is 1570. The number of carbonyl (C=O) groups is 3. The van der Waals surface area contributed by atoms with Crippen molar-refractivity contribution >= 4 is 23.7 Å². The molecule has 2 bridgehead atoms. The Labute approximate surface area is 253 Å². The van der Waals surface area contributed by atoms with Gasteiger partial charge in [0.05, 0.1) is 19.6 Å². The summed E-state index contributed by atoms with van der Waals surface area (Å²) >= 11 is 0. The Kier molecular flexibility index (Phi) is 8.76. The number of hydrogen-bond acceptors (Lipinski definition) is 8. The monoisotopic (exact) mass is 614 g/mol. The van der Waals surface area contributed by atoms with Gasteiger partial charge >= 0.3 is 5.97 Å². The minimum absolute atomic E-state index is 0.000688. The normalized spacial score (nSPS) is 22.3. The number of halogens is 2. The van der Waals surface area contributed by atoms with E-state index in [0.29, 0.717) is 37.1 Å². The zero-order valence-electron chi connectivity index (χ0n) is 25.2. The molecule has 0 radical (unpaired) electrons. The number of esters is 1. The van der Waals surface area contributed by atoms with Crippen LogP contribution >= 0.6 is 0 Å². The number of nitrogens with one attached hydrogen (secondary N) is 1. The van der Waals surface area contributed by atoms with Crippen LogP contribution in [0.1, 0.15) is 91.7 Å². The first-order chi connectivity index (χ1) is 20.9. The fourth-order valence-electron chi connectivity index (χ4n) is 6.03. The number of amides is 2. The summed E-state index contributed by atoms with van der Waals surface area (Å²) in [4.78, 5) is 61.8. The molecule has 2 amide bonds. The number of nitrogens with zero attached hydrogens (tertiary/aromatic N) is 3. The van der Waals surface area contributed by atoms with Crippen molar-refractivity contribution in [1.82, 2.24) is 14.8 Å². The Morgan fingerprint density at radius 1 is 1.25 bits per heavy atom. The van der Waals surface area contributed by atoms with Crippen LogP contribution in [0.5, 0.6) is 5.75 Å². The average molecular weight is 615 g/mol. The lowest BCUT2D eigenvalue weighted by molar-refractivity contribution is -0.134. The topological polar surface area (TPSA) is 129 Å². The molecule has 13 heteroatoms. The van der Waals surface area contributed by atoms with Crippen LogP contribution in [0, 0.1) is 17.6 Å². The predicted molar refractivity (Wildman–Crippen MR) is 154 cm³/mol. The van der Waals surface area contributed by atoms with Gasteiger partial charge in [0.2, 0.25) is 17.1 Å². The van der Waals surface area contributed by atoms with Gasteiger partial charge in [-0.1, -0.05) is 31.5 Å². The maximum atomic E-state index is 14.3. The van der Waals surface area contributed by atoms with Crippen molar-refractivity contribution in [2.24, 2.45) is 11.1 Å². The van der Waals surface area contributed by atoms with Crippen LogP contribution in [-0.4, -0.2) is 58.4 Å². The molecule has 0 unspecified atom stereocenters. The average Bonchev–Trinajstić information content (AvgIpc) is 3.35. The van der Waals surface area contributed by atoms with Gasteiger partial charge in [-0.25, -0.2) is 8.78 Å². The zero-order valence-corrected chi connectivity index (χ0v) is 25.2. The third-order valence-corrected chi connectivity index (χ3v) is 8.58. The molecule has 3 atom stereocenters. The van der Waals surface area contributed by atoms with Gasteiger partial charge in [0, 0.05) is 43.4 Å². The van der Waals surface area contributed by atoms with Crippen molar-refractivity contribution in [2.45, 2.75) is 83.5 Å². The van der Waals surface area contributed by atoms with E-state index in [1.807, 2.05) is 20.8 Å². The quantitative estimate of drug-likeness (QED) is 0.444. The van der Waals surface area contributed by atoms with Crippen LogP contribution in [0.15, 0.2) is 34.3 Å². The van der Waals surface area contributed by atoms with E-state index in [1.165, 1.54) is 23.9 Å². The van der Waals surface area contributed by atoms with Gasteiger partial charge in [-0.3, -0.25) is 19.2 Å². The molecule has 1 saturated heterocycles. The molecule has 1 N–H and O–H groups in total. The number of carbonyl (C=O) groups excluding carboxylic acids is 3. The lowest BCUT2D eigenvalue weighted by Gasteiger charge is -2.41. The van der Waals surface area contributed by atoms with Crippen LogP contribution in [0.25, 0.3) is 0 Å². The minimum Gasteiger partial charge on any atom is -0.482 e. The second-order valence-electron chi connectivity index (χ2n) is 12.0. The molecule has 1 spiro atoms. The van der Waals surface area contributed by atoms with Gasteiger partial charge in [0.25, 0.3) is 11.8 Å². The smallest absolute Gasteiger partial charge is 0.311 e. The summed E-state index contributed by atoms with van der Waals surface area (Å²) in [6.07, 6.45) is 3.86. The zero-order chi connectivity index (χ0) is 31.8. The number of oxime groups is 1. The lowest BCUT2D eigenvalue weighted by atomic mass is 9.85. The predicted octanol–water partition coefficient (Wildman–Crippen LogP) is 4.09. The molecule has 5 rings (SSSR count). The van der Waals surface area contributed by atoms with Crippen LogP contribution in [0.3, 0.4) is 0 Å². The third kappa shape index (κ3) is 5.91. The number of fused-ring (bicyclic) bond motifs is 5. The van der Waals surface area contributed by atoms with Crippen LogP contribution in [0.4, 0.5) is 8.78 Å². The molecule has 1 aromatic carbocycles. The lowest BCUT2D eigenvalue weighted by Crippen LogP contribution is -2.52. The Hall–Kier alpha value is -4.29. The molecule has 0 aliphatic carbocycles. The molecule has 236 valence electrons. The molecule has 0 saturated carbocycles. The maximum Gasteiger partial charge on any atom is 0.311 e. The molecule has 3 aliphatic rings. The van der Waals surface area contributed by atoms with E-state index in [1.54, 1.807) is 4.90 Å². The molecule has 11 nitrogen and oxygen atoms in total. The van der Waals surface area contributed by atoms with E-state index >= 15 is 0 Å².